The number of fused-ring (bicyclic) bond motifs is 1. The molecule has 1 saturated carbocycles. The van der Waals surface area contributed by atoms with Crippen molar-refractivity contribution in [2.24, 2.45) is 5.14 Å². The zero-order chi connectivity index (χ0) is 24.7. The maximum Gasteiger partial charge on any atom is 0.295 e. The first kappa shape index (κ1) is 23.1. The lowest BCUT2D eigenvalue weighted by molar-refractivity contribution is 0.452. The summed E-state index contributed by atoms with van der Waals surface area (Å²) >= 11 is -1.55. The first-order valence-corrected chi connectivity index (χ1v) is 12.4. The Morgan fingerprint density at radius 2 is 1.94 bits per heavy atom. The molecular formula is C23H24N8O3S. The summed E-state index contributed by atoms with van der Waals surface area (Å²) in [6.07, 6.45) is 4.84. The number of anilines is 1. The van der Waals surface area contributed by atoms with Gasteiger partial charge in [-0.1, -0.05) is 12.1 Å². The van der Waals surface area contributed by atoms with Gasteiger partial charge >= 0.3 is 0 Å². The van der Waals surface area contributed by atoms with Crippen LogP contribution in [0, 0.1) is 0 Å². The average molecular weight is 493 g/mol. The van der Waals surface area contributed by atoms with Crippen molar-refractivity contribution in [1.82, 2.24) is 29.5 Å². The van der Waals surface area contributed by atoms with Crippen LogP contribution in [0.4, 0.5) is 5.82 Å². The highest BCUT2D eigenvalue weighted by Gasteiger charge is 2.31. The van der Waals surface area contributed by atoms with Gasteiger partial charge in [0.25, 0.3) is 5.56 Å². The zero-order valence-corrected chi connectivity index (χ0v) is 20.0. The quantitative estimate of drug-likeness (QED) is 0.326. The molecule has 4 aromatic rings. The van der Waals surface area contributed by atoms with Crippen LogP contribution in [0.15, 0.2) is 46.5 Å². The van der Waals surface area contributed by atoms with Crippen molar-refractivity contribution in [3.05, 3.63) is 58.4 Å². The number of nitrogens with zero attached hydrogens (tertiary/aromatic N) is 6. The van der Waals surface area contributed by atoms with Gasteiger partial charge in [-0.2, -0.15) is 0 Å². The van der Waals surface area contributed by atoms with E-state index in [1.54, 1.807) is 28.8 Å². The molecule has 180 valence electrons. The summed E-state index contributed by atoms with van der Waals surface area (Å²) < 4.78 is 12.9. The average Bonchev–Trinajstić information content (AvgIpc) is 3.68. The van der Waals surface area contributed by atoms with Crippen LogP contribution in [0.25, 0.3) is 22.6 Å². The maximum atomic E-state index is 13.3. The Hall–Kier alpha value is -3.61. The first-order valence-electron chi connectivity index (χ1n) is 11.2. The molecule has 1 aliphatic rings. The fourth-order valence-electron chi connectivity index (χ4n) is 3.91. The van der Waals surface area contributed by atoms with E-state index < -0.39 is 11.4 Å². The normalized spacial score (nSPS) is 14.4. The summed E-state index contributed by atoms with van der Waals surface area (Å²) in [6.45, 7) is 4.11. The minimum atomic E-state index is -1.55. The standard InChI is InChI=1S/C23H24N8O3S/c1-12(2)31-21-16(10-26-19(30-21)17-18(14-5-6-14)27-11-28-22(17)32)29-20(23(31)33)25-9-13-3-7-15(8-4-13)35(24)34/h3-4,7-8,10-12,14H,5-6,9,24H2,1-2H3,(H,25,29)(H,27,28,32). The minimum Gasteiger partial charge on any atom is -0.593 e. The highest BCUT2D eigenvalue weighted by Crippen LogP contribution is 2.44. The Morgan fingerprint density at radius 1 is 1.20 bits per heavy atom. The van der Waals surface area contributed by atoms with E-state index in [-0.39, 0.29) is 35.0 Å². The summed E-state index contributed by atoms with van der Waals surface area (Å²) in [5, 5.41) is 18.9. The predicted molar refractivity (Wildman–Crippen MR) is 131 cm³/mol. The van der Waals surface area contributed by atoms with Crippen molar-refractivity contribution in [3.63, 3.8) is 0 Å². The smallest absolute Gasteiger partial charge is 0.295 e. The van der Waals surface area contributed by atoms with Gasteiger partial charge in [-0.15, -0.1) is 5.14 Å². The number of hydrogen-bond donors (Lipinski definition) is 3. The van der Waals surface area contributed by atoms with Crippen LogP contribution in [0.3, 0.4) is 0 Å². The molecule has 3 heterocycles. The number of nitrogens with one attached hydrogen (secondary N) is 1. The molecule has 0 radical (unpaired) electrons. The van der Waals surface area contributed by atoms with Gasteiger partial charge in [0, 0.05) is 18.5 Å². The van der Waals surface area contributed by atoms with Gasteiger partial charge in [0.05, 0.1) is 23.3 Å². The monoisotopic (exact) mass is 492 g/mol. The van der Waals surface area contributed by atoms with Gasteiger partial charge in [0.1, 0.15) is 17.4 Å². The van der Waals surface area contributed by atoms with Gasteiger partial charge in [0.15, 0.2) is 22.2 Å². The van der Waals surface area contributed by atoms with Crippen LogP contribution in [0.1, 0.15) is 49.9 Å². The molecule has 1 unspecified atom stereocenters. The van der Waals surface area contributed by atoms with Gasteiger partial charge < -0.3 is 15.0 Å². The third-order valence-electron chi connectivity index (χ3n) is 5.81. The van der Waals surface area contributed by atoms with Crippen LogP contribution >= 0.6 is 0 Å². The highest BCUT2D eigenvalue weighted by molar-refractivity contribution is 7.89. The Bertz CT molecular complexity index is 1450. The van der Waals surface area contributed by atoms with Gasteiger partial charge in [0.2, 0.25) is 5.88 Å². The van der Waals surface area contributed by atoms with Crippen molar-refractivity contribution in [2.75, 3.05) is 5.32 Å². The topological polar surface area (TPSA) is 168 Å². The van der Waals surface area contributed by atoms with E-state index in [9.17, 15) is 14.5 Å². The highest BCUT2D eigenvalue weighted by atomic mass is 32.2. The van der Waals surface area contributed by atoms with Gasteiger partial charge in [-0.3, -0.25) is 9.36 Å². The molecule has 1 aromatic carbocycles. The van der Waals surface area contributed by atoms with Crippen molar-refractivity contribution < 1.29 is 9.66 Å². The van der Waals surface area contributed by atoms with E-state index in [0.29, 0.717) is 33.9 Å². The second-order valence-corrected chi connectivity index (χ2v) is 9.72. The molecule has 1 atom stereocenters. The second kappa shape index (κ2) is 9.21. The molecule has 4 N–H and O–H groups in total. The summed E-state index contributed by atoms with van der Waals surface area (Å²) in [5.74, 6) is 0.481. The molecule has 5 rings (SSSR count). The fourth-order valence-corrected chi connectivity index (χ4v) is 4.32. The number of rotatable bonds is 7. The Balaban J connectivity index is 1.53. The molecular weight excluding hydrogens is 468 g/mol. The molecule has 0 aliphatic heterocycles. The summed E-state index contributed by atoms with van der Waals surface area (Å²) in [5.41, 5.74) is 2.45. The molecule has 0 bridgehead atoms. The Morgan fingerprint density at radius 3 is 2.60 bits per heavy atom. The number of hydrogen-bond acceptors (Lipinski definition) is 10. The number of nitrogens with two attached hydrogens (primary N) is 1. The SMILES string of the molecule is CC(C)n1c(=O)c(NCc2ccc([S+](N)[O-])cc2)nc2cnc(-c3c(O)ncnc3C3CC3)nc21. The lowest BCUT2D eigenvalue weighted by Crippen LogP contribution is -2.27. The van der Waals surface area contributed by atoms with E-state index in [0.717, 1.165) is 18.4 Å². The van der Waals surface area contributed by atoms with Crippen molar-refractivity contribution in [3.8, 4) is 17.3 Å². The van der Waals surface area contributed by atoms with E-state index in [2.05, 4.69) is 30.2 Å². The molecule has 1 fully saturated rings. The van der Waals surface area contributed by atoms with Gasteiger partial charge in [-0.05, 0) is 44.4 Å². The van der Waals surface area contributed by atoms with E-state index in [1.165, 1.54) is 12.5 Å². The lowest BCUT2D eigenvalue weighted by Gasteiger charge is -2.16. The number of aromatic hydroxyl groups is 1. The third-order valence-corrected chi connectivity index (χ3v) is 6.54. The van der Waals surface area contributed by atoms with Crippen LogP contribution in [-0.4, -0.2) is 39.1 Å². The lowest BCUT2D eigenvalue weighted by atomic mass is 10.1. The number of benzene rings is 1. The number of aromatic nitrogens is 6. The largest absolute Gasteiger partial charge is 0.593 e. The summed E-state index contributed by atoms with van der Waals surface area (Å²) in [6, 6.07) is 6.73. The Labute approximate surface area is 203 Å². The second-order valence-electron chi connectivity index (χ2n) is 8.66. The van der Waals surface area contributed by atoms with Crippen LogP contribution in [0.2, 0.25) is 0 Å². The molecule has 12 heteroatoms. The van der Waals surface area contributed by atoms with Crippen molar-refractivity contribution in [1.29, 1.82) is 0 Å². The van der Waals surface area contributed by atoms with E-state index >= 15 is 0 Å². The summed E-state index contributed by atoms with van der Waals surface area (Å²) in [7, 11) is 0. The first-order chi connectivity index (χ1) is 16.8. The van der Waals surface area contributed by atoms with Crippen LogP contribution in [0.5, 0.6) is 5.88 Å². The van der Waals surface area contributed by atoms with Crippen molar-refractivity contribution in [2.45, 2.75) is 50.1 Å². The molecule has 1 aliphatic carbocycles. The summed E-state index contributed by atoms with van der Waals surface area (Å²) in [4.78, 5) is 35.6. The molecule has 35 heavy (non-hydrogen) atoms. The molecule has 0 spiro atoms. The third kappa shape index (κ3) is 4.55. The maximum absolute atomic E-state index is 13.3. The molecule has 0 amide bonds. The molecule has 11 nitrogen and oxygen atoms in total. The van der Waals surface area contributed by atoms with Crippen LogP contribution in [-0.2, 0) is 17.9 Å². The van der Waals surface area contributed by atoms with E-state index in [1.807, 2.05) is 13.8 Å². The zero-order valence-electron chi connectivity index (χ0n) is 19.2. The molecule has 3 aromatic heterocycles. The van der Waals surface area contributed by atoms with Crippen LogP contribution < -0.4 is 16.0 Å². The van der Waals surface area contributed by atoms with Crippen molar-refractivity contribution >= 4 is 28.3 Å². The minimum absolute atomic E-state index is 0.165. The molecule has 0 saturated heterocycles. The van der Waals surface area contributed by atoms with E-state index in [4.69, 9.17) is 5.14 Å². The Kier molecular flexibility index (Phi) is 6.09. The fraction of sp³-hybridized carbons (Fsp3) is 0.304. The predicted octanol–water partition coefficient (Wildman–Crippen LogP) is 2.40. The van der Waals surface area contributed by atoms with Gasteiger partial charge in [-0.25, -0.2) is 24.9 Å².